The summed E-state index contributed by atoms with van der Waals surface area (Å²) in [6, 6.07) is 0.621. The van der Waals surface area contributed by atoms with Crippen molar-refractivity contribution in [2.75, 3.05) is 7.05 Å². The minimum atomic E-state index is -1.18. The molecule has 1 aromatic heterocycles. The molecule has 1 aliphatic heterocycles. The molecule has 0 spiro atoms. The lowest BCUT2D eigenvalue weighted by Gasteiger charge is -2.44. The molecule has 1 saturated carbocycles. The first-order valence-corrected chi connectivity index (χ1v) is 9.87. The first-order valence-electron chi connectivity index (χ1n) is 9.87. The Kier molecular flexibility index (Phi) is 5.24. The van der Waals surface area contributed by atoms with Gasteiger partial charge in [0.05, 0.1) is 12.1 Å². The molecule has 0 saturated heterocycles. The molecule has 31 heavy (non-hydrogen) atoms. The molecule has 0 bridgehead atoms. The molecule has 7 nitrogen and oxygen atoms in total. The van der Waals surface area contributed by atoms with E-state index in [1.165, 1.54) is 15.7 Å². The Bertz CT molecular complexity index is 1120. The maximum Gasteiger partial charge on any atom is 0.274 e. The lowest BCUT2D eigenvalue weighted by molar-refractivity contribution is 0.0507. The molecule has 10 heteroatoms. The largest absolute Gasteiger partial charge is 0.503 e. The predicted molar refractivity (Wildman–Crippen MR) is 103 cm³/mol. The van der Waals surface area contributed by atoms with Crippen LogP contribution in [0, 0.1) is 17.5 Å². The topological polar surface area (TPSA) is 91.6 Å². The number of nitrogens with zero attached hydrogens (tertiary/aromatic N) is 2. The number of likely N-dealkylation sites (N-methyl/N-ethyl adjacent to an activating group) is 1. The van der Waals surface area contributed by atoms with Crippen molar-refractivity contribution in [3.63, 3.8) is 0 Å². The molecule has 164 valence electrons. The van der Waals surface area contributed by atoms with Crippen LogP contribution in [0.3, 0.4) is 0 Å². The Hall–Kier alpha value is -3.30. The maximum absolute atomic E-state index is 13.8. The smallest absolute Gasteiger partial charge is 0.274 e. The third kappa shape index (κ3) is 3.45. The molecule has 1 aliphatic carbocycles. The third-order valence-electron chi connectivity index (χ3n) is 6.06. The fourth-order valence-corrected chi connectivity index (χ4v) is 4.45. The molecule has 2 aromatic rings. The zero-order valence-electron chi connectivity index (χ0n) is 16.6. The highest BCUT2D eigenvalue weighted by atomic mass is 19.1. The summed E-state index contributed by atoms with van der Waals surface area (Å²) in [6.45, 7) is -0.632. The number of halogens is 3. The molecular weight excluding hydrogens is 415 g/mol. The van der Waals surface area contributed by atoms with E-state index in [1.807, 2.05) is 0 Å². The lowest BCUT2D eigenvalue weighted by atomic mass is 9.86. The molecule has 2 heterocycles. The molecule has 1 aromatic carbocycles. The van der Waals surface area contributed by atoms with E-state index in [0.717, 1.165) is 19.3 Å². The SMILES string of the molecule is CN1C(=O)c2c(O)c(=O)c(C(=O)NCc3c(F)cc(F)cc3F)cn2[C@@H]2CCCCC21. The van der Waals surface area contributed by atoms with E-state index >= 15 is 0 Å². The summed E-state index contributed by atoms with van der Waals surface area (Å²) >= 11 is 0. The molecule has 4 rings (SSSR count). The normalized spacial score (nSPS) is 20.3. The van der Waals surface area contributed by atoms with Gasteiger partial charge in [-0.2, -0.15) is 0 Å². The number of hydrogen-bond donors (Lipinski definition) is 2. The Morgan fingerprint density at radius 1 is 1.13 bits per heavy atom. The first-order chi connectivity index (χ1) is 14.7. The Morgan fingerprint density at radius 2 is 1.74 bits per heavy atom. The summed E-state index contributed by atoms with van der Waals surface area (Å²) in [5, 5.41) is 12.7. The van der Waals surface area contributed by atoms with Crippen LogP contribution in [-0.2, 0) is 6.54 Å². The van der Waals surface area contributed by atoms with Crippen LogP contribution in [0.5, 0.6) is 5.75 Å². The number of amides is 2. The van der Waals surface area contributed by atoms with Crippen LogP contribution < -0.4 is 10.7 Å². The van der Waals surface area contributed by atoms with Crippen molar-refractivity contribution >= 4 is 11.8 Å². The molecule has 1 unspecified atom stereocenters. The molecule has 2 aliphatic rings. The quantitative estimate of drug-likeness (QED) is 0.775. The number of carbonyl (C=O) groups is 2. The van der Waals surface area contributed by atoms with Crippen molar-refractivity contribution in [3.05, 3.63) is 62.8 Å². The van der Waals surface area contributed by atoms with Gasteiger partial charge >= 0.3 is 0 Å². The Labute approximate surface area is 175 Å². The summed E-state index contributed by atoms with van der Waals surface area (Å²) < 4.78 is 42.2. The average molecular weight is 435 g/mol. The van der Waals surface area contributed by atoms with Crippen molar-refractivity contribution in [2.45, 2.75) is 44.3 Å². The van der Waals surface area contributed by atoms with E-state index in [4.69, 9.17) is 0 Å². The summed E-state index contributed by atoms with van der Waals surface area (Å²) in [4.78, 5) is 39.5. The minimum absolute atomic E-state index is 0.131. The number of aromatic hydroxyl groups is 1. The van der Waals surface area contributed by atoms with Gasteiger partial charge in [-0.1, -0.05) is 12.8 Å². The number of nitrogens with one attached hydrogen (secondary N) is 1. The first kappa shape index (κ1) is 21.0. The van der Waals surface area contributed by atoms with E-state index in [2.05, 4.69) is 5.32 Å². The standard InChI is InChI=1S/C21H20F3N3O4/c1-26-15-4-2-3-5-16(15)27-9-12(18(28)19(29)17(27)21(26)31)20(30)25-8-11-13(23)6-10(22)7-14(11)24/h6-7,9,15-16,29H,2-5,8H2,1H3,(H,25,30)/t15?,16-/m1/s1. The van der Waals surface area contributed by atoms with E-state index in [0.29, 0.717) is 18.6 Å². The lowest BCUT2D eigenvalue weighted by Crippen LogP contribution is -2.51. The molecule has 2 atom stereocenters. The highest BCUT2D eigenvalue weighted by Gasteiger charge is 2.41. The molecule has 2 N–H and O–H groups in total. The third-order valence-corrected chi connectivity index (χ3v) is 6.06. The van der Waals surface area contributed by atoms with Crippen LogP contribution in [-0.4, -0.2) is 39.5 Å². The van der Waals surface area contributed by atoms with E-state index in [-0.39, 0.29) is 17.8 Å². The highest BCUT2D eigenvalue weighted by molar-refractivity contribution is 5.99. The van der Waals surface area contributed by atoms with Gasteiger partial charge in [-0.15, -0.1) is 0 Å². The van der Waals surface area contributed by atoms with Crippen LogP contribution in [0.2, 0.25) is 0 Å². The number of pyridine rings is 1. The van der Waals surface area contributed by atoms with Crippen LogP contribution in [0.1, 0.15) is 58.1 Å². The summed E-state index contributed by atoms with van der Waals surface area (Å²) in [6.07, 6.45) is 4.50. The van der Waals surface area contributed by atoms with Gasteiger partial charge in [0.1, 0.15) is 23.0 Å². The Balaban J connectivity index is 1.69. The second kappa shape index (κ2) is 7.75. The number of aromatic nitrogens is 1. The number of carbonyl (C=O) groups excluding carboxylic acids is 2. The van der Waals surface area contributed by atoms with Crippen LogP contribution in [0.4, 0.5) is 13.2 Å². The zero-order valence-corrected chi connectivity index (χ0v) is 16.6. The van der Waals surface area contributed by atoms with Gasteiger partial charge in [0.2, 0.25) is 5.43 Å². The number of rotatable bonds is 3. The van der Waals surface area contributed by atoms with Gasteiger partial charge in [0.15, 0.2) is 11.4 Å². The molecule has 0 radical (unpaired) electrons. The van der Waals surface area contributed by atoms with Crippen molar-refractivity contribution in [3.8, 4) is 5.75 Å². The second-order valence-corrected chi connectivity index (χ2v) is 7.84. The summed E-state index contributed by atoms with van der Waals surface area (Å²) in [5.41, 5.74) is -2.25. The van der Waals surface area contributed by atoms with Crippen molar-refractivity contribution < 1.29 is 27.9 Å². The van der Waals surface area contributed by atoms with Crippen LogP contribution in [0.25, 0.3) is 0 Å². The highest BCUT2D eigenvalue weighted by Crippen LogP contribution is 2.38. The van der Waals surface area contributed by atoms with Gasteiger partial charge in [-0.05, 0) is 12.8 Å². The van der Waals surface area contributed by atoms with Crippen molar-refractivity contribution in [2.24, 2.45) is 0 Å². The second-order valence-electron chi connectivity index (χ2n) is 7.84. The van der Waals surface area contributed by atoms with Gasteiger partial charge in [-0.25, -0.2) is 13.2 Å². The minimum Gasteiger partial charge on any atom is -0.503 e. The summed E-state index contributed by atoms with van der Waals surface area (Å²) in [7, 11) is 1.62. The van der Waals surface area contributed by atoms with Gasteiger partial charge in [0.25, 0.3) is 11.8 Å². The van der Waals surface area contributed by atoms with E-state index in [9.17, 15) is 32.7 Å². The summed E-state index contributed by atoms with van der Waals surface area (Å²) in [5.74, 6) is -5.78. The zero-order chi connectivity index (χ0) is 22.4. The average Bonchev–Trinajstić information content (AvgIpc) is 2.73. The maximum atomic E-state index is 13.8. The molecule has 2 amide bonds. The van der Waals surface area contributed by atoms with Crippen LogP contribution in [0.15, 0.2) is 23.1 Å². The van der Waals surface area contributed by atoms with Crippen LogP contribution >= 0.6 is 0 Å². The van der Waals surface area contributed by atoms with Crippen molar-refractivity contribution in [1.29, 1.82) is 0 Å². The monoisotopic (exact) mass is 435 g/mol. The predicted octanol–water partition coefficient (Wildman–Crippen LogP) is 2.47. The fraction of sp³-hybridized carbons (Fsp3) is 0.381. The fourth-order valence-electron chi connectivity index (χ4n) is 4.45. The Morgan fingerprint density at radius 3 is 2.39 bits per heavy atom. The number of hydrogen-bond acceptors (Lipinski definition) is 4. The van der Waals surface area contributed by atoms with E-state index in [1.54, 1.807) is 7.05 Å². The van der Waals surface area contributed by atoms with E-state index < -0.39 is 58.1 Å². The number of fused-ring (bicyclic) bond motifs is 3. The van der Waals surface area contributed by atoms with Crippen molar-refractivity contribution in [1.82, 2.24) is 14.8 Å². The van der Waals surface area contributed by atoms with Gasteiger partial charge in [0, 0.05) is 37.5 Å². The molecule has 1 fully saturated rings. The van der Waals surface area contributed by atoms with Gasteiger partial charge < -0.3 is 19.9 Å². The molecular formula is C21H20F3N3O4. The number of benzene rings is 1. The van der Waals surface area contributed by atoms with Gasteiger partial charge in [-0.3, -0.25) is 14.4 Å².